The molecule has 3 atom stereocenters. The van der Waals surface area contributed by atoms with Crippen LogP contribution in [0, 0.1) is 5.82 Å². The fourth-order valence-corrected chi connectivity index (χ4v) is 6.00. The summed E-state index contributed by atoms with van der Waals surface area (Å²) in [5.41, 5.74) is 1.88. The summed E-state index contributed by atoms with van der Waals surface area (Å²) < 4.78 is 32.5. The van der Waals surface area contributed by atoms with E-state index in [2.05, 4.69) is 15.7 Å². The van der Waals surface area contributed by atoms with Gasteiger partial charge in [-0.3, -0.25) is 9.80 Å². The number of methoxy groups -OCH3 is 2. The Labute approximate surface area is 251 Å². The molecule has 1 aromatic heterocycles. The van der Waals surface area contributed by atoms with E-state index in [0.717, 1.165) is 44.1 Å². The lowest BCUT2D eigenvalue weighted by Gasteiger charge is -2.33. The van der Waals surface area contributed by atoms with Gasteiger partial charge in [-0.2, -0.15) is 5.10 Å². The Morgan fingerprint density at radius 2 is 1.95 bits per heavy atom. The Hall–Kier alpha value is -4.09. The van der Waals surface area contributed by atoms with Crippen molar-refractivity contribution >= 4 is 24.0 Å². The second kappa shape index (κ2) is 13.5. The minimum absolute atomic E-state index is 0.0893. The van der Waals surface area contributed by atoms with Gasteiger partial charge in [-0.15, -0.1) is 0 Å². The van der Waals surface area contributed by atoms with Crippen LogP contribution in [0.25, 0.3) is 0 Å². The lowest BCUT2D eigenvalue weighted by molar-refractivity contribution is 0.0764. The fourth-order valence-electron chi connectivity index (χ4n) is 6.00. The topological polar surface area (TPSA) is 118 Å². The summed E-state index contributed by atoms with van der Waals surface area (Å²) in [5, 5.41) is 12.4. The third kappa shape index (κ3) is 6.62. The molecule has 0 saturated heterocycles. The van der Waals surface area contributed by atoms with Gasteiger partial charge in [-0.1, -0.05) is 26.2 Å². The Kier molecular flexibility index (Phi) is 9.52. The first-order valence-electron chi connectivity index (χ1n) is 15.0. The van der Waals surface area contributed by atoms with Gasteiger partial charge in [0.1, 0.15) is 11.5 Å². The van der Waals surface area contributed by atoms with Crippen LogP contribution in [0.2, 0.25) is 0 Å². The fraction of sp³-hybridized carbons (Fsp3) is 0.548. The molecule has 232 valence electrons. The Morgan fingerprint density at radius 1 is 1.16 bits per heavy atom. The molecule has 3 heterocycles. The first-order chi connectivity index (χ1) is 20.8. The molecule has 0 spiro atoms. The molecule has 1 aliphatic carbocycles. The molecule has 2 aromatic rings. The third-order valence-electron chi connectivity index (χ3n) is 8.35. The van der Waals surface area contributed by atoms with Gasteiger partial charge in [0.05, 0.1) is 50.6 Å². The van der Waals surface area contributed by atoms with Crippen molar-refractivity contribution in [1.82, 2.24) is 20.2 Å². The molecule has 2 amide bonds. The van der Waals surface area contributed by atoms with Crippen molar-refractivity contribution in [2.45, 2.75) is 76.5 Å². The molecule has 1 saturated carbocycles. The Morgan fingerprint density at radius 3 is 2.65 bits per heavy atom. The molecule has 11 nitrogen and oxygen atoms in total. The van der Waals surface area contributed by atoms with Crippen LogP contribution in [0.4, 0.5) is 15.0 Å². The van der Waals surface area contributed by atoms with E-state index < -0.39 is 11.9 Å². The van der Waals surface area contributed by atoms with Crippen LogP contribution in [0.1, 0.15) is 78.5 Å². The number of unbranched alkanes of at least 4 members (excludes halogenated alkanes) is 1. The van der Waals surface area contributed by atoms with Gasteiger partial charge in [0.25, 0.3) is 5.91 Å². The number of carbonyl (C=O) groups is 2. The Balaban J connectivity index is 1.43. The zero-order valence-electron chi connectivity index (χ0n) is 25.3. The van der Waals surface area contributed by atoms with Gasteiger partial charge in [0.2, 0.25) is 0 Å². The number of nitrogens with one attached hydrogen (secondary N) is 2. The summed E-state index contributed by atoms with van der Waals surface area (Å²) >= 11 is 0. The largest absolute Gasteiger partial charge is 0.497 e. The molecule has 0 bridgehead atoms. The minimum Gasteiger partial charge on any atom is -0.497 e. The second-order valence-corrected chi connectivity index (χ2v) is 11.3. The van der Waals surface area contributed by atoms with Crippen molar-refractivity contribution < 1.29 is 28.2 Å². The molecule has 5 rings (SSSR count). The number of aromatic nitrogens is 1. The van der Waals surface area contributed by atoms with Crippen molar-refractivity contribution in [3.63, 3.8) is 0 Å². The zero-order valence-corrected chi connectivity index (χ0v) is 25.3. The minimum atomic E-state index is -0.547. The van der Waals surface area contributed by atoms with Crippen molar-refractivity contribution in [2.24, 2.45) is 5.10 Å². The van der Waals surface area contributed by atoms with Crippen LogP contribution in [-0.2, 0) is 17.8 Å². The van der Waals surface area contributed by atoms with E-state index >= 15 is 4.39 Å². The van der Waals surface area contributed by atoms with E-state index in [4.69, 9.17) is 19.2 Å². The highest BCUT2D eigenvalue weighted by molar-refractivity contribution is 6.01. The molecular formula is C31H41FN6O5. The van der Waals surface area contributed by atoms with Gasteiger partial charge < -0.3 is 29.7 Å². The second-order valence-electron chi connectivity index (χ2n) is 11.3. The van der Waals surface area contributed by atoms with E-state index in [-0.39, 0.29) is 42.8 Å². The van der Waals surface area contributed by atoms with Crippen LogP contribution in [0.5, 0.6) is 11.5 Å². The predicted molar refractivity (Wildman–Crippen MR) is 160 cm³/mol. The van der Waals surface area contributed by atoms with Gasteiger partial charge >= 0.3 is 6.09 Å². The summed E-state index contributed by atoms with van der Waals surface area (Å²) in [6.45, 7) is 3.25. The highest BCUT2D eigenvalue weighted by Crippen LogP contribution is 2.37. The number of benzene rings is 1. The molecule has 2 N–H and O–H groups in total. The number of rotatable bonds is 11. The number of hydrazone groups is 1. The van der Waals surface area contributed by atoms with Gasteiger partial charge in [0, 0.05) is 49.6 Å². The molecule has 1 aromatic carbocycles. The summed E-state index contributed by atoms with van der Waals surface area (Å²) in [7, 11) is 4.99. The number of ether oxygens (including phenoxy) is 3. The Bertz CT molecular complexity index is 1370. The average Bonchev–Trinajstić information content (AvgIpc) is 3.59. The number of anilines is 1. The first kappa shape index (κ1) is 30.4. The lowest BCUT2D eigenvalue weighted by atomic mass is 9.90. The summed E-state index contributed by atoms with van der Waals surface area (Å²) in [4.78, 5) is 32.6. The summed E-state index contributed by atoms with van der Waals surface area (Å²) in [6.07, 6.45) is 6.40. The molecule has 0 radical (unpaired) electrons. The maximum absolute atomic E-state index is 16.3. The van der Waals surface area contributed by atoms with E-state index in [1.807, 2.05) is 20.0 Å². The number of halogens is 1. The molecule has 1 unspecified atom stereocenters. The van der Waals surface area contributed by atoms with E-state index in [1.54, 1.807) is 42.5 Å². The van der Waals surface area contributed by atoms with E-state index in [0.29, 0.717) is 41.5 Å². The lowest BCUT2D eigenvalue weighted by Crippen LogP contribution is -2.49. The predicted octanol–water partition coefficient (Wildman–Crippen LogP) is 4.66. The number of likely N-dealkylation sites (N-methyl/N-ethyl adjacent to an activating group) is 1. The maximum atomic E-state index is 16.3. The van der Waals surface area contributed by atoms with Crippen LogP contribution < -0.4 is 20.1 Å². The van der Waals surface area contributed by atoms with Crippen molar-refractivity contribution in [1.29, 1.82) is 0 Å². The van der Waals surface area contributed by atoms with Gasteiger partial charge in [-0.25, -0.2) is 14.2 Å². The first-order valence-corrected chi connectivity index (χ1v) is 15.0. The average molecular weight is 597 g/mol. The van der Waals surface area contributed by atoms with Crippen LogP contribution in [0.15, 0.2) is 23.3 Å². The van der Waals surface area contributed by atoms with Gasteiger partial charge in [-0.05, 0) is 31.4 Å². The SMILES string of the molecule is CCCCOC(=O)N[C@H]1CCCC[C@H]1Nc1nc(C2C=NN(C)C2)c2c(c1F)CN(Cc1ccc(OC)cc1OC)C2=O. The summed E-state index contributed by atoms with van der Waals surface area (Å²) in [6, 6.07) is 4.94. The van der Waals surface area contributed by atoms with Gasteiger partial charge in [0.15, 0.2) is 11.6 Å². The highest BCUT2D eigenvalue weighted by atomic mass is 19.1. The van der Waals surface area contributed by atoms with Crippen molar-refractivity contribution in [3.05, 3.63) is 46.4 Å². The highest BCUT2D eigenvalue weighted by Gasteiger charge is 2.39. The molecule has 12 heteroatoms. The van der Waals surface area contributed by atoms with Crippen molar-refractivity contribution in [2.75, 3.05) is 39.7 Å². The summed E-state index contributed by atoms with van der Waals surface area (Å²) in [5.74, 6) is 0.210. The van der Waals surface area contributed by atoms with E-state index in [9.17, 15) is 9.59 Å². The maximum Gasteiger partial charge on any atom is 0.407 e. The number of carbonyl (C=O) groups excluding carboxylic acids is 2. The standard InChI is InChI=1S/C31H41FN6O5/c1-5-6-13-43-31(40)35-24-10-8-7-9-23(24)34-29-27(32)22-18-38(17-19-11-12-21(41-3)14-25(19)42-4)30(39)26(22)28(36-29)20-15-33-37(2)16-20/h11-12,14-15,20,23-24H,5-10,13,16-18H2,1-4H3,(H,34,36)(H,35,40)/t20?,23-,24+/m1/s1. The molecule has 43 heavy (non-hydrogen) atoms. The molecule has 3 aliphatic rings. The smallest absolute Gasteiger partial charge is 0.407 e. The molecule has 1 fully saturated rings. The van der Waals surface area contributed by atoms with Crippen LogP contribution in [-0.4, -0.2) is 79.6 Å². The third-order valence-corrected chi connectivity index (χ3v) is 8.35. The van der Waals surface area contributed by atoms with Crippen molar-refractivity contribution in [3.8, 4) is 11.5 Å². The quantitative estimate of drug-likeness (QED) is 0.360. The van der Waals surface area contributed by atoms with Crippen LogP contribution in [0.3, 0.4) is 0 Å². The number of pyridine rings is 1. The number of hydrogen-bond donors (Lipinski definition) is 2. The molecular weight excluding hydrogens is 555 g/mol. The number of nitrogens with zero attached hydrogens (tertiary/aromatic N) is 4. The number of amides is 2. The van der Waals surface area contributed by atoms with E-state index in [1.165, 1.54) is 0 Å². The number of hydrogen-bond acceptors (Lipinski definition) is 9. The normalized spacial score (nSPS) is 21.1. The zero-order chi connectivity index (χ0) is 30.5. The number of fused-ring (bicyclic) bond motifs is 1. The molecule has 2 aliphatic heterocycles. The number of alkyl carbamates (subject to hydrolysis) is 1. The monoisotopic (exact) mass is 596 g/mol. The van der Waals surface area contributed by atoms with Crippen LogP contribution >= 0.6 is 0 Å².